The van der Waals surface area contributed by atoms with Gasteiger partial charge in [-0.1, -0.05) is 0 Å². The molecule has 0 unspecified atom stereocenters. The van der Waals surface area contributed by atoms with Crippen molar-refractivity contribution in [1.82, 2.24) is 9.97 Å². The van der Waals surface area contributed by atoms with Crippen molar-refractivity contribution in [2.24, 2.45) is 11.7 Å². The zero-order chi connectivity index (χ0) is 13.5. The van der Waals surface area contributed by atoms with Gasteiger partial charge in [-0.25, -0.2) is 9.97 Å². The molecule has 2 rings (SSSR count). The Morgan fingerprint density at radius 1 is 1.42 bits per heavy atom. The lowest BCUT2D eigenvalue weighted by molar-refractivity contribution is 0.0645. The summed E-state index contributed by atoms with van der Waals surface area (Å²) >= 11 is 0. The van der Waals surface area contributed by atoms with Crippen molar-refractivity contribution >= 4 is 5.82 Å². The zero-order valence-electron chi connectivity index (χ0n) is 11.7. The molecule has 0 bridgehead atoms. The van der Waals surface area contributed by atoms with Crippen molar-refractivity contribution in [3.63, 3.8) is 0 Å². The smallest absolute Gasteiger partial charge is 0.131 e. The van der Waals surface area contributed by atoms with E-state index in [2.05, 4.69) is 21.9 Å². The molecule has 1 aliphatic heterocycles. The quantitative estimate of drug-likeness (QED) is 0.837. The first-order valence-corrected chi connectivity index (χ1v) is 7.10. The Bertz CT molecular complexity index is 379. The monoisotopic (exact) mass is 264 g/mol. The fourth-order valence-corrected chi connectivity index (χ4v) is 2.38. The first-order chi connectivity index (χ1) is 9.29. The summed E-state index contributed by atoms with van der Waals surface area (Å²) in [6, 6.07) is 1.96. The van der Waals surface area contributed by atoms with Gasteiger partial charge in [0.25, 0.3) is 0 Å². The lowest BCUT2D eigenvalue weighted by Crippen LogP contribution is -2.25. The topological polar surface area (TPSA) is 64.3 Å². The van der Waals surface area contributed by atoms with Gasteiger partial charge in [0.15, 0.2) is 0 Å². The third kappa shape index (κ3) is 4.44. The predicted molar refractivity (Wildman–Crippen MR) is 76.2 cm³/mol. The van der Waals surface area contributed by atoms with E-state index in [0.717, 1.165) is 43.7 Å². The van der Waals surface area contributed by atoms with Gasteiger partial charge in [-0.3, -0.25) is 0 Å². The zero-order valence-corrected chi connectivity index (χ0v) is 11.7. The normalized spacial score (nSPS) is 16.5. The molecule has 1 aromatic rings. The molecule has 5 nitrogen and oxygen atoms in total. The fourth-order valence-electron chi connectivity index (χ4n) is 2.38. The van der Waals surface area contributed by atoms with E-state index in [1.165, 1.54) is 19.3 Å². The molecule has 1 aromatic heterocycles. The van der Waals surface area contributed by atoms with Crippen molar-refractivity contribution in [3.05, 3.63) is 18.1 Å². The maximum atomic E-state index is 5.54. The van der Waals surface area contributed by atoms with E-state index in [-0.39, 0.29) is 0 Å². The molecule has 0 spiro atoms. The lowest BCUT2D eigenvalue weighted by Gasteiger charge is -2.25. The highest BCUT2D eigenvalue weighted by Crippen LogP contribution is 2.19. The van der Waals surface area contributed by atoms with Gasteiger partial charge in [-0.05, 0) is 37.8 Å². The summed E-state index contributed by atoms with van der Waals surface area (Å²) in [5, 5.41) is 0. The number of hydrogen-bond acceptors (Lipinski definition) is 5. The summed E-state index contributed by atoms with van der Waals surface area (Å²) in [6.07, 6.45) is 6.14. The molecule has 0 aromatic carbocycles. The van der Waals surface area contributed by atoms with E-state index in [1.54, 1.807) is 0 Å². The van der Waals surface area contributed by atoms with Gasteiger partial charge in [0.1, 0.15) is 11.6 Å². The molecule has 0 saturated carbocycles. The molecule has 1 fully saturated rings. The molecule has 5 heteroatoms. The summed E-state index contributed by atoms with van der Waals surface area (Å²) in [6.45, 7) is 3.46. The molecule has 2 heterocycles. The Balaban J connectivity index is 1.84. The van der Waals surface area contributed by atoms with Gasteiger partial charge in [-0.2, -0.15) is 0 Å². The van der Waals surface area contributed by atoms with E-state index in [0.29, 0.717) is 6.54 Å². The number of rotatable bonds is 6. The van der Waals surface area contributed by atoms with Crippen LogP contribution in [0.5, 0.6) is 0 Å². The van der Waals surface area contributed by atoms with Crippen LogP contribution in [0.4, 0.5) is 5.82 Å². The van der Waals surface area contributed by atoms with Crippen molar-refractivity contribution in [3.8, 4) is 0 Å². The lowest BCUT2D eigenvalue weighted by atomic mass is 9.96. The largest absolute Gasteiger partial charge is 0.381 e. The van der Waals surface area contributed by atoms with Crippen molar-refractivity contribution in [2.45, 2.75) is 25.7 Å². The Kier molecular flexibility index (Phi) is 5.54. The minimum absolute atomic E-state index is 0.593. The van der Waals surface area contributed by atoms with E-state index in [4.69, 9.17) is 10.5 Å². The van der Waals surface area contributed by atoms with Crippen LogP contribution in [-0.4, -0.2) is 43.3 Å². The average Bonchev–Trinajstić information content (AvgIpc) is 2.46. The van der Waals surface area contributed by atoms with Gasteiger partial charge >= 0.3 is 0 Å². The minimum Gasteiger partial charge on any atom is -0.381 e. The number of anilines is 1. The second-order valence-electron chi connectivity index (χ2n) is 5.14. The third-order valence-electron chi connectivity index (χ3n) is 3.66. The SMILES string of the molecule is CN(CCC1CCOCC1)c1ccnc(CCN)n1. The van der Waals surface area contributed by atoms with Gasteiger partial charge < -0.3 is 15.4 Å². The molecule has 106 valence electrons. The third-order valence-corrected chi connectivity index (χ3v) is 3.66. The van der Waals surface area contributed by atoms with Crippen LogP contribution in [0.3, 0.4) is 0 Å². The molecular weight excluding hydrogens is 240 g/mol. The maximum Gasteiger partial charge on any atom is 0.131 e. The number of hydrogen-bond donors (Lipinski definition) is 1. The fraction of sp³-hybridized carbons (Fsp3) is 0.714. The molecular formula is C14H24N4O. The van der Waals surface area contributed by atoms with Gasteiger partial charge in [0.2, 0.25) is 0 Å². The second kappa shape index (κ2) is 7.40. The molecule has 1 saturated heterocycles. The van der Waals surface area contributed by atoms with E-state index < -0.39 is 0 Å². The van der Waals surface area contributed by atoms with Crippen LogP contribution in [0.25, 0.3) is 0 Å². The van der Waals surface area contributed by atoms with Gasteiger partial charge in [0, 0.05) is 39.4 Å². The van der Waals surface area contributed by atoms with Crippen LogP contribution in [0, 0.1) is 5.92 Å². The molecule has 0 radical (unpaired) electrons. The Morgan fingerprint density at radius 3 is 2.95 bits per heavy atom. The van der Waals surface area contributed by atoms with Crippen LogP contribution in [0.2, 0.25) is 0 Å². The first kappa shape index (κ1) is 14.2. The Morgan fingerprint density at radius 2 is 2.21 bits per heavy atom. The summed E-state index contributed by atoms with van der Waals surface area (Å²) in [7, 11) is 2.09. The van der Waals surface area contributed by atoms with Crippen LogP contribution < -0.4 is 10.6 Å². The number of nitrogens with zero attached hydrogens (tertiary/aromatic N) is 3. The van der Waals surface area contributed by atoms with Crippen molar-refractivity contribution < 1.29 is 4.74 Å². The average molecular weight is 264 g/mol. The molecule has 2 N–H and O–H groups in total. The Labute approximate surface area is 115 Å². The molecule has 1 aliphatic rings. The molecule has 0 aliphatic carbocycles. The minimum atomic E-state index is 0.593. The number of aromatic nitrogens is 2. The number of ether oxygens (including phenoxy) is 1. The van der Waals surface area contributed by atoms with Crippen molar-refractivity contribution in [1.29, 1.82) is 0 Å². The predicted octanol–water partition coefficient (Wildman–Crippen LogP) is 1.23. The summed E-state index contributed by atoms with van der Waals surface area (Å²) in [5.41, 5.74) is 5.54. The maximum absolute atomic E-state index is 5.54. The number of nitrogens with two attached hydrogens (primary N) is 1. The van der Waals surface area contributed by atoms with E-state index in [9.17, 15) is 0 Å². The van der Waals surface area contributed by atoms with E-state index in [1.807, 2.05) is 12.3 Å². The summed E-state index contributed by atoms with van der Waals surface area (Å²) in [4.78, 5) is 11.0. The van der Waals surface area contributed by atoms with E-state index >= 15 is 0 Å². The molecule has 0 atom stereocenters. The summed E-state index contributed by atoms with van der Waals surface area (Å²) in [5.74, 6) is 2.62. The molecule has 19 heavy (non-hydrogen) atoms. The van der Waals surface area contributed by atoms with Crippen LogP contribution in [0.1, 0.15) is 25.1 Å². The summed E-state index contributed by atoms with van der Waals surface area (Å²) < 4.78 is 5.39. The van der Waals surface area contributed by atoms with Gasteiger partial charge in [0.05, 0.1) is 0 Å². The van der Waals surface area contributed by atoms with Crippen LogP contribution in [-0.2, 0) is 11.2 Å². The highest BCUT2D eigenvalue weighted by atomic mass is 16.5. The highest BCUT2D eigenvalue weighted by molar-refractivity contribution is 5.36. The Hall–Kier alpha value is -1.20. The van der Waals surface area contributed by atoms with Crippen molar-refractivity contribution in [2.75, 3.05) is 38.3 Å². The second-order valence-corrected chi connectivity index (χ2v) is 5.14. The first-order valence-electron chi connectivity index (χ1n) is 7.10. The standard InChI is InChI=1S/C14H24N4O/c1-18(9-4-12-5-10-19-11-6-12)14-3-8-16-13(17-14)2-7-15/h3,8,12H,2,4-7,9-11,15H2,1H3. The van der Waals surface area contributed by atoms with Gasteiger partial charge in [-0.15, -0.1) is 0 Å². The van der Waals surface area contributed by atoms with Crippen LogP contribution in [0.15, 0.2) is 12.3 Å². The molecule has 0 amide bonds. The highest BCUT2D eigenvalue weighted by Gasteiger charge is 2.14. The van der Waals surface area contributed by atoms with Crippen LogP contribution >= 0.6 is 0 Å².